The fourth-order valence-electron chi connectivity index (χ4n) is 3.41. The van der Waals surface area contributed by atoms with Crippen molar-refractivity contribution in [2.24, 2.45) is 0 Å². The Kier molecular flexibility index (Phi) is 8.21. The number of carboxylic acid groups (broad SMARTS) is 1. The number of nitrogens with one attached hydrogen (secondary N) is 1. The maximum Gasteiger partial charge on any atom is 1.00 e. The van der Waals surface area contributed by atoms with Crippen LogP contribution in [0.3, 0.4) is 0 Å². The molecule has 0 bridgehead atoms. The van der Waals surface area contributed by atoms with E-state index in [2.05, 4.69) is 10.7 Å². The first-order valence-corrected chi connectivity index (χ1v) is 10.8. The molecule has 0 saturated heterocycles. The fourth-order valence-corrected chi connectivity index (χ4v) is 4.20. The summed E-state index contributed by atoms with van der Waals surface area (Å²) in [7, 11) is 0. The minimum Gasteiger partial charge on any atom is -0.545 e. The molecule has 1 fully saturated rings. The number of carbonyl (C=O) groups excluding carboxylic acids is 2. The van der Waals surface area contributed by atoms with Crippen molar-refractivity contribution in [1.29, 1.82) is 0 Å². The Morgan fingerprint density at radius 3 is 2.68 bits per heavy atom. The van der Waals surface area contributed by atoms with Crippen LogP contribution in [0.25, 0.3) is 12.2 Å². The maximum atomic E-state index is 12.4. The predicted molar refractivity (Wildman–Crippen MR) is 117 cm³/mol. The molecule has 2 aromatic carbocycles. The maximum absolute atomic E-state index is 12.4. The molecule has 31 heavy (non-hydrogen) atoms. The summed E-state index contributed by atoms with van der Waals surface area (Å²) < 4.78 is 0. The average molecular weight is 441 g/mol. The molecule has 1 aliphatic carbocycles. The molecule has 0 atom stereocenters. The standard InChI is InChI=1S/C24H22N2O3S.Na/c27-22(14-18-6-1-2-10-20(18)24(28)29)25-19-9-3-5-16(13-19)11-12-23-26-21(15-30-23)17-7-4-8-17;/h1-3,5-6,9-13,15,17H,4,7-8,14H2,(H,25,27)(H,28,29);/q;+1/p-1. The van der Waals surface area contributed by atoms with Crippen molar-refractivity contribution in [2.45, 2.75) is 31.6 Å². The largest absolute Gasteiger partial charge is 1.00 e. The number of carbonyl (C=O) groups is 2. The monoisotopic (exact) mass is 440 g/mol. The Morgan fingerprint density at radius 2 is 1.94 bits per heavy atom. The number of hydrogen-bond donors (Lipinski definition) is 1. The van der Waals surface area contributed by atoms with Gasteiger partial charge in [0.15, 0.2) is 0 Å². The molecule has 1 saturated carbocycles. The molecule has 7 heteroatoms. The molecule has 0 unspecified atom stereocenters. The smallest absolute Gasteiger partial charge is 0.545 e. The van der Waals surface area contributed by atoms with Crippen LogP contribution < -0.4 is 40.0 Å². The number of rotatable bonds is 7. The van der Waals surface area contributed by atoms with Crippen molar-refractivity contribution in [3.05, 3.63) is 81.3 Å². The SMILES string of the molecule is O=C(Cc1ccccc1C(=O)[O-])Nc1cccc(C=Cc2nc(C3CCC3)cs2)c1.[Na+]. The van der Waals surface area contributed by atoms with Gasteiger partial charge in [-0.3, -0.25) is 4.79 Å². The van der Waals surface area contributed by atoms with Crippen LogP contribution in [0.15, 0.2) is 53.9 Å². The van der Waals surface area contributed by atoms with E-state index < -0.39 is 5.97 Å². The number of hydrogen-bond acceptors (Lipinski definition) is 5. The van der Waals surface area contributed by atoms with E-state index in [4.69, 9.17) is 4.98 Å². The minimum atomic E-state index is -1.28. The molecule has 1 amide bonds. The van der Waals surface area contributed by atoms with E-state index in [1.165, 1.54) is 31.0 Å². The topological polar surface area (TPSA) is 82.1 Å². The molecule has 1 heterocycles. The third kappa shape index (κ3) is 6.14. The molecule has 0 aliphatic heterocycles. The Morgan fingerprint density at radius 1 is 1.13 bits per heavy atom. The van der Waals surface area contributed by atoms with Crippen LogP contribution in [0.4, 0.5) is 5.69 Å². The van der Waals surface area contributed by atoms with Crippen LogP contribution in [0.1, 0.15) is 57.4 Å². The van der Waals surface area contributed by atoms with Gasteiger partial charge < -0.3 is 15.2 Å². The van der Waals surface area contributed by atoms with E-state index in [0.717, 1.165) is 10.6 Å². The second kappa shape index (κ2) is 10.9. The van der Waals surface area contributed by atoms with E-state index in [1.54, 1.807) is 35.6 Å². The molecular weight excluding hydrogens is 419 g/mol. The summed E-state index contributed by atoms with van der Waals surface area (Å²) in [6, 6.07) is 13.9. The Hall–Kier alpha value is -2.25. The summed E-state index contributed by atoms with van der Waals surface area (Å²) >= 11 is 1.65. The number of nitrogens with zero attached hydrogens (tertiary/aromatic N) is 1. The van der Waals surface area contributed by atoms with E-state index in [-0.39, 0.29) is 47.4 Å². The quantitative estimate of drug-likeness (QED) is 0.559. The number of anilines is 1. The first-order valence-electron chi connectivity index (χ1n) is 9.91. The van der Waals surface area contributed by atoms with Crippen LogP contribution in [0.5, 0.6) is 0 Å². The summed E-state index contributed by atoms with van der Waals surface area (Å²) in [6.45, 7) is 0. The molecule has 152 valence electrons. The van der Waals surface area contributed by atoms with Crippen molar-refractivity contribution >= 4 is 41.1 Å². The van der Waals surface area contributed by atoms with Crippen molar-refractivity contribution in [3.63, 3.8) is 0 Å². The average Bonchev–Trinajstić information content (AvgIpc) is 3.14. The van der Waals surface area contributed by atoms with E-state index >= 15 is 0 Å². The number of amides is 1. The van der Waals surface area contributed by atoms with E-state index in [9.17, 15) is 14.7 Å². The van der Waals surface area contributed by atoms with E-state index in [1.807, 2.05) is 30.4 Å². The van der Waals surface area contributed by atoms with Crippen molar-refractivity contribution < 1.29 is 44.3 Å². The second-order valence-electron chi connectivity index (χ2n) is 7.37. The van der Waals surface area contributed by atoms with Gasteiger partial charge in [0.1, 0.15) is 5.01 Å². The normalized spacial score (nSPS) is 13.4. The molecule has 5 nitrogen and oxygen atoms in total. The Bertz CT molecular complexity index is 1110. The molecule has 0 radical (unpaired) electrons. The number of thiazole rings is 1. The Labute approximate surface area is 207 Å². The second-order valence-corrected chi connectivity index (χ2v) is 8.26. The molecule has 1 N–H and O–H groups in total. The third-order valence-corrected chi connectivity index (χ3v) is 6.07. The number of aromatic carboxylic acids is 1. The van der Waals surface area contributed by atoms with Gasteiger partial charge in [0.25, 0.3) is 0 Å². The Balaban J connectivity index is 0.00000272. The van der Waals surface area contributed by atoms with Gasteiger partial charge in [-0.05, 0) is 42.2 Å². The first-order chi connectivity index (χ1) is 14.6. The number of carboxylic acids is 1. The molecular formula is C24H21N2NaO3S. The van der Waals surface area contributed by atoms with Gasteiger partial charge in [-0.1, -0.05) is 48.9 Å². The van der Waals surface area contributed by atoms with Gasteiger partial charge in [-0.25, -0.2) is 4.98 Å². The summed E-state index contributed by atoms with van der Waals surface area (Å²) in [5, 5.41) is 17.2. The van der Waals surface area contributed by atoms with Crippen LogP contribution >= 0.6 is 11.3 Å². The minimum absolute atomic E-state index is 0. The van der Waals surface area contributed by atoms with Gasteiger partial charge in [-0.15, -0.1) is 11.3 Å². The number of aromatic nitrogens is 1. The molecule has 0 spiro atoms. The summed E-state index contributed by atoms with van der Waals surface area (Å²) in [5.41, 5.74) is 3.26. The van der Waals surface area contributed by atoms with Gasteiger partial charge in [-0.2, -0.15) is 0 Å². The molecule has 1 aliphatic rings. The summed E-state index contributed by atoms with van der Waals surface area (Å²) in [5.74, 6) is -0.938. The van der Waals surface area contributed by atoms with Crippen LogP contribution in [0.2, 0.25) is 0 Å². The summed E-state index contributed by atoms with van der Waals surface area (Å²) in [6.07, 6.45) is 7.70. The van der Waals surface area contributed by atoms with Crippen LogP contribution in [-0.2, 0) is 11.2 Å². The van der Waals surface area contributed by atoms with Gasteiger partial charge >= 0.3 is 29.6 Å². The van der Waals surface area contributed by atoms with Gasteiger partial charge in [0.2, 0.25) is 5.91 Å². The fraction of sp³-hybridized carbons (Fsp3) is 0.208. The molecule has 3 aromatic rings. The third-order valence-electron chi connectivity index (χ3n) is 5.24. The van der Waals surface area contributed by atoms with Crippen molar-refractivity contribution in [2.75, 3.05) is 5.32 Å². The van der Waals surface area contributed by atoms with Crippen molar-refractivity contribution in [3.8, 4) is 0 Å². The van der Waals surface area contributed by atoms with Crippen LogP contribution in [-0.4, -0.2) is 16.9 Å². The zero-order chi connectivity index (χ0) is 20.9. The zero-order valence-corrected chi connectivity index (χ0v) is 20.2. The zero-order valence-electron chi connectivity index (χ0n) is 17.3. The van der Waals surface area contributed by atoms with Gasteiger partial charge in [0, 0.05) is 22.5 Å². The van der Waals surface area contributed by atoms with Crippen molar-refractivity contribution in [1.82, 2.24) is 4.98 Å². The first kappa shape index (κ1) is 23.4. The van der Waals surface area contributed by atoms with Crippen LogP contribution in [0, 0.1) is 0 Å². The van der Waals surface area contributed by atoms with Gasteiger partial charge in [0.05, 0.1) is 18.1 Å². The summed E-state index contributed by atoms with van der Waals surface area (Å²) in [4.78, 5) is 28.3. The predicted octanol–water partition coefficient (Wildman–Crippen LogP) is 1.13. The molecule has 1 aromatic heterocycles. The number of benzene rings is 2. The van der Waals surface area contributed by atoms with E-state index in [0.29, 0.717) is 17.2 Å². The molecule has 4 rings (SSSR count).